The molecule has 6 rings (SSSR count). The van der Waals surface area contributed by atoms with Gasteiger partial charge in [0.2, 0.25) is 11.7 Å². The third-order valence-corrected chi connectivity index (χ3v) is 5.63. The van der Waals surface area contributed by atoms with Crippen LogP contribution in [0.5, 0.6) is 0 Å². The number of aryl methyl sites for hydroxylation is 2. The molecule has 2 aromatic carbocycles. The Labute approximate surface area is 191 Å². The molecule has 0 atom stereocenters. The summed E-state index contributed by atoms with van der Waals surface area (Å²) in [6.07, 6.45) is 3.75. The Hall–Kier alpha value is -4.86. The molecule has 0 unspecified atom stereocenters. The molecule has 0 bridgehead atoms. The lowest BCUT2D eigenvalue weighted by atomic mass is 10.2. The van der Waals surface area contributed by atoms with E-state index in [1.54, 1.807) is 36.8 Å². The van der Waals surface area contributed by atoms with E-state index in [1.807, 2.05) is 41.0 Å². The van der Waals surface area contributed by atoms with Crippen molar-refractivity contribution >= 4 is 21.9 Å². The SMILES string of the molecule is O=c1[nH]c(=O)n(CCc2nc(-c3ccc(-n4cnc5ccccc54)nc3)no2)c2ccccc12. The summed E-state index contributed by atoms with van der Waals surface area (Å²) in [6.45, 7) is 0.280. The van der Waals surface area contributed by atoms with E-state index in [2.05, 4.69) is 25.1 Å². The molecule has 34 heavy (non-hydrogen) atoms. The lowest BCUT2D eigenvalue weighted by Crippen LogP contribution is -2.30. The van der Waals surface area contributed by atoms with Crippen LogP contribution in [0.25, 0.3) is 39.1 Å². The van der Waals surface area contributed by atoms with E-state index < -0.39 is 11.2 Å². The first kappa shape index (κ1) is 19.8. The Balaban J connectivity index is 1.23. The minimum atomic E-state index is -0.477. The molecule has 0 spiro atoms. The van der Waals surface area contributed by atoms with Gasteiger partial charge in [-0.3, -0.25) is 18.9 Å². The van der Waals surface area contributed by atoms with Crippen LogP contribution in [0.4, 0.5) is 0 Å². The van der Waals surface area contributed by atoms with Gasteiger partial charge in [0, 0.05) is 24.7 Å². The molecular weight excluding hydrogens is 434 g/mol. The molecule has 4 heterocycles. The fourth-order valence-corrected chi connectivity index (χ4v) is 3.95. The number of hydrogen-bond donors (Lipinski definition) is 1. The van der Waals surface area contributed by atoms with E-state index >= 15 is 0 Å². The summed E-state index contributed by atoms with van der Waals surface area (Å²) < 4.78 is 8.79. The summed E-state index contributed by atoms with van der Waals surface area (Å²) in [4.78, 5) is 40.1. The van der Waals surface area contributed by atoms with Crippen molar-refractivity contribution in [2.75, 3.05) is 0 Å². The molecule has 6 aromatic rings. The fourth-order valence-electron chi connectivity index (χ4n) is 3.95. The second-order valence-electron chi connectivity index (χ2n) is 7.70. The van der Waals surface area contributed by atoms with Gasteiger partial charge in [0.15, 0.2) is 0 Å². The average molecular weight is 451 g/mol. The first-order valence-electron chi connectivity index (χ1n) is 10.6. The minimum Gasteiger partial charge on any atom is -0.339 e. The molecular formula is C24H17N7O3. The van der Waals surface area contributed by atoms with E-state index in [4.69, 9.17) is 4.52 Å². The highest BCUT2D eigenvalue weighted by molar-refractivity contribution is 5.78. The molecule has 0 saturated heterocycles. The summed E-state index contributed by atoms with van der Waals surface area (Å²) in [5.41, 5.74) is 2.24. The predicted octanol–water partition coefficient (Wildman–Crippen LogP) is 2.72. The molecule has 0 saturated carbocycles. The van der Waals surface area contributed by atoms with Crippen LogP contribution in [0.2, 0.25) is 0 Å². The Bertz CT molecular complexity index is 1760. The Morgan fingerprint density at radius 3 is 2.59 bits per heavy atom. The first-order chi connectivity index (χ1) is 16.7. The Kier molecular flexibility index (Phi) is 4.61. The van der Waals surface area contributed by atoms with Crippen molar-refractivity contribution in [3.05, 3.63) is 99.9 Å². The molecule has 0 aliphatic heterocycles. The Morgan fingerprint density at radius 2 is 1.74 bits per heavy atom. The van der Waals surface area contributed by atoms with Crippen LogP contribution in [-0.4, -0.2) is 34.2 Å². The molecule has 10 nitrogen and oxygen atoms in total. The van der Waals surface area contributed by atoms with Crippen LogP contribution >= 0.6 is 0 Å². The highest BCUT2D eigenvalue weighted by atomic mass is 16.5. The fraction of sp³-hybridized carbons (Fsp3) is 0.0833. The number of nitrogens with zero attached hydrogens (tertiary/aromatic N) is 6. The molecule has 4 aromatic heterocycles. The van der Waals surface area contributed by atoms with Crippen LogP contribution in [0.15, 0.2) is 87.3 Å². The van der Waals surface area contributed by atoms with Gasteiger partial charge in [0.05, 0.1) is 21.9 Å². The van der Waals surface area contributed by atoms with E-state index in [1.165, 1.54) is 4.57 Å². The van der Waals surface area contributed by atoms with Crippen molar-refractivity contribution in [3.8, 4) is 17.2 Å². The van der Waals surface area contributed by atoms with Crippen molar-refractivity contribution in [1.82, 2.24) is 34.2 Å². The largest absolute Gasteiger partial charge is 0.339 e. The maximum Gasteiger partial charge on any atom is 0.328 e. The van der Waals surface area contributed by atoms with E-state index in [0.717, 1.165) is 16.9 Å². The second kappa shape index (κ2) is 7.93. The smallest absolute Gasteiger partial charge is 0.328 e. The summed E-state index contributed by atoms with van der Waals surface area (Å²) in [5, 5.41) is 4.50. The van der Waals surface area contributed by atoms with E-state index in [-0.39, 0.29) is 6.54 Å². The number of hydrogen-bond acceptors (Lipinski definition) is 7. The third-order valence-electron chi connectivity index (χ3n) is 5.63. The number of H-pyrrole nitrogens is 1. The highest BCUT2D eigenvalue weighted by Crippen LogP contribution is 2.20. The number of rotatable bonds is 5. The van der Waals surface area contributed by atoms with Gasteiger partial charge in [-0.1, -0.05) is 29.4 Å². The maximum atomic E-state index is 12.3. The van der Waals surface area contributed by atoms with Crippen molar-refractivity contribution < 1.29 is 4.52 Å². The van der Waals surface area contributed by atoms with Crippen molar-refractivity contribution in [2.24, 2.45) is 0 Å². The van der Waals surface area contributed by atoms with Crippen LogP contribution in [0.1, 0.15) is 5.89 Å². The quantitative estimate of drug-likeness (QED) is 0.427. The van der Waals surface area contributed by atoms with Gasteiger partial charge in [-0.25, -0.2) is 14.8 Å². The van der Waals surface area contributed by atoms with Crippen LogP contribution in [0, 0.1) is 0 Å². The zero-order valence-electron chi connectivity index (χ0n) is 17.8. The van der Waals surface area contributed by atoms with E-state index in [0.29, 0.717) is 34.6 Å². The monoisotopic (exact) mass is 451 g/mol. The summed E-state index contributed by atoms with van der Waals surface area (Å²) in [5.74, 6) is 1.51. The molecule has 10 heteroatoms. The van der Waals surface area contributed by atoms with Crippen LogP contribution < -0.4 is 11.2 Å². The minimum absolute atomic E-state index is 0.280. The third kappa shape index (κ3) is 3.37. The van der Waals surface area contributed by atoms with Crippen LogP contribution in [0.3, 0.4) is 0 Å². The lowest BCUT2D eigenvalue weighted by Gasteiger charge is -2.07. The highest BCUT2D eigenvalue weighted by Gasteiger charge is 2.13. The second-order valence-corrected chi connectivity index (χ2v) is 7.70. The molecule has 0 fully saturated rings. The zero-order valence-corrected chi connectivity index (χ0v) is 17.8. The molecule has 0 radical (unpaired) electrons. The predicted molar refractivity (Wildman–Crippen MR) is 125 cm³/mol. The standard InChI is InChI=1S/C24H17N7O3/c32-23-16-5-1-3-7-18(16)30(24(33)28-23)12-11-21-27-22(29-34-21)15-9-10-20(25-13-15)31-14-26-17-6-2-4-8-19(17)31/h1-10,13-14H,11-12H2,(H,28,32,33). The number of fused-ring (bicyclic) bond motifs is 2. The number of benzene rings is 2. The van der Waals surface area contributed by atoms with Gasteiger partial charge in [0.1, 0.15) is 12.1 Å². The van der Waals surface area contributed by atoms with Crippen molar-refractivity contribution in [2.45, 2.75) is 13.0 Å². The Morgan fingerprint density at radius 1 is 0.912 bits per heavy atom. The number of nitrogens with one attached hydrogen (secondary N) is 1. The van der Waals surface area contributed by atoms with Gasteiger partial charge in [0.25, 0.3) is 5.56 Å². The summed E-state index contributed by atoms with van der Waals surface area (Å²) >= 11 is 0. The maximum absolute atomic E-state index is 12.3. The van der Waals surface area contributed by atoms with Gasteiger partial charge in [-0.05, 0) is 36.4 Å². The summed E-state index contributed by atoms with van der Waals surface area (Å²) in [6, 6.07) is 18.5. The van der Waals surface area contributed by atoms with E-state index in [9.17, 15) is 9.59 Å². The molecule has 166 valence electrons. The number of imidazole rings is 1. The molecule has 0 amide bonds. The lowest BCUT2D eigenvalue weighted by molar-refractivity contribution is 0.372. The number of para-hydroxylation sites is 3. The number of aromatic nitrogens is 7. The van der Waals surface area contributed by atoms with Crippen molar-refractivity contribution in [3.63, 3.8) is 0 Å². The zero-order chi connectivity index (χ0) is 23.1. The first-order valence-corrected chi connectivity index (χ1v) is 10.6. The van der Waals surface area contributed by atoms with Gasteiger partial charge < -0.3 is 4.52 Å². The van der Waals surface area contributed by atoms with Gasteiger partial charge >= 0.3 is 5.69 Å². The molecule has 1 N–H and O–H groups in total. The number of pyridine rings is 1. The normalized spacial score (nSPS) is 11.4. The average Bonchev–Trinajstić information content (AvgIpc) is 3.52. The summed E-state index contributed by atoms with van der Waals surface area (Å²) in [7, 11) is 0. The van der Waals surface area contributed by atoms with Crippen LogP contribution in [-0.2, 0) is 13.0 Å². The van der Waals surface area contributed by atoms with Crippen molar-refractivity contribution in [1.29, 1.82) is 0 Å². The molecule has 0 aliphatic carbocycles. The van der Waals surface area contributed by atoms with Gasteiger partial charge in [-0.15, -0.1) is 0 Å². The van der Waals surface area contributed by atoms with Gasteiger partial charge in [-0.2, -0.15) is 4.98 Å². The molecule has 0 aliphatic rings. The number of aromatic amines is 1. The topological polar surface area (TPSA) is 124 Å².